The van der Waals surface area contributed by atoms with E-state index >= 15 is 0 Å². The summed E-state index contributed by atoms with van der Waals surface area (Å²) in [6, 6.07) is 4.22. The minimum atomic E-state index is -3.69. The number of aryl methyl sites for hydroxylation is 1. The number of carbonyl (C=O) groups is 1. The van der Waals surface area contributed by atoms with Gasteiger partial charge in [-0.1, -0.05) is 6.42 Å². The molecule has 8 heteroatoms. The monoisotopic (exact) mass is 394 g/mol. The molecule has 2 unspecified atom stereocenters. The molecule has 1 saturated heterocycles. The number of esters is 1. The quantitative estimate of drug-likeness (QED) is 0.782. The third-order valence-corrected chi connectivity index (χ3v) is 7.00. The van der Waals surface area contributed by atoms with Gasteiger partial charge in [0.05, 0.1) is 11.5 Å². The zero-order valence-electron chi connectivity index (χ0n) is 15.9. The molecule has 2 aromatic rings. The lowest BCUT2D eigenvalue weighted by Gasteiger charge is -2.36. The second-order valence-corrected chi connectivity index (χ2v) is 8.86. The number of hydrogen-bond acceptors (Lipinski definition) is 6. The van der Waals surface area contributed by atoms with Gasteiger partial charge in [0.2, 0.25) is 15.8 Å². The fourth-order valence-electron chi connectivity index (χ4n) is 3.64. The van der Waals surface area contributed by atoms with Crippen molar-refractivity contribution in [3.05, 3.63) is 29.5 Å². The Bertz CT molecular complexity index is 948. The Morgan fingerprint density at radius 1 is 1.41 bits per heavy atom. The topological polar surface area (TPSA) is 103 Å². The average Bonchev–Trinajstić information content (AvgIpc) is 2.98. The molecule has 1 fully saturated rings. The second kappa shape index (κ2) is 7.61. The lowest BCUT2D eigenvalue weighted by Crippen LogP contribution is -2.51. The lowest BCUT2D eigenvalue weighted by molar-refractivity contribution is 0.0491. The smallest absolute Gasteiger partial charge is 0.374 e. The van der Waals surface area contributed by atoms with Crippen LogP contribution in [0.25, 0.3) is 11.0 Å². The number of furan rings is 1. The van der Waals surface area contributed by atoms with E-state index in [2.05, 4.69) is 0 Å². The van der Waals surface area contributed by atoms with Crippen LogP contribution in [-0.2, 0) is 14.8 Å². The van der Waals surface area contributed by atoms with E-state index in [4.69, 9.17) is 14.9 Å². The van der Waals surface area contributed by atoms with Crippen molar-refractivity contribution < 1.29 is 22.4 Å². The van der Waals surface area contributed by atoms with E-state index in [9.17, 15) is 13.2 Å². The highest BCUT2D eigenvalue weighted by molar-refractivity contribution is 7.89. The van der Waals surface area contributed by atoms with Crippen molar-refractivity contribution in [1.29, 1.82) is 0 Å². The van der Waals surface area contributed by atoms with Crippen LogP contribution in [-0.4, -0.2) is 43.9 Å². The van der Waals surface area contributed by atoms with Gasteiger partial charge in [0.15, 0.2) is 0 Å². The molecule has 0 amide bonds. The summed E-state index contributed by atoms with van der Waals surface area (Å²) in [7, 11) is -3.69. The first-order valence-electron chi connectivity index (χ1n) is 9.25. The summed E-state index contributed by atoms with van der Waals surface area (Å²) in [6.07, 6.45) is 2.56. The van der Waals surface area contributed by atoms with Gasteiger partial charge in [0.1, 0.15) is 5.58 Å². The van der Waals surface area contributed by atoms with Gasteiger partial charge >= 0.3 is 5.97 Å². The molecule has 0 saturated carbocycles. The van der Waals surface area contributed by atoms with E-state index in [0.717, 1.165) is 19.3 Å². The fourth-order valence-corrected chi connectivity index (χ4v) is 5.44. The Morgan fingerprint density at radius 3 is 2.81 bits per heavy atom. The van der Waals surface area contributed by atoms with Crippen LogP contribution in [0.5, 0.6) is 0 Å². The van der Waals surface area contributed by atoms with Gasteiger partial charge in [0, 0.05) is 29.6 Å². The molecule has 3 rings (SSSR count). The molecule has 0 bridgehead atoms. The zero-order chi connectivity index (χ0) is 19.8. The number of carbonyl (C=O) groups excluding carboxylic acids is 1. The van der Waals surface area contributed by atoms with E-state index in [-0.39, 0.29) is 29.3 Å². The molecule has 2 heterocycles. The highest BCUT2D eigenvalue weighted by atomic mass is 32.2. The summed E-state index contributed by atoms with van der Waals surface area (Å²) in [5.74, 6) is -0.448. The predicted octanol–water partition coefficient (Wildman–Crippen LogP) is 2.81. The lowest BCUT2D eigenvalue weighted by atomic mass is 10.00. The third kappa shape index (κ3) is 3.61. The van der Waals surface area contributed by atoms with Crippen molar-refractivity contribution in [2.24, 2.45) is 5.73 Å². The van der Waals surface area contributed by atoms with Gasteiger partial charge in [-0.3, -0.25) is 0 Å². The largest absolute Gasteiger partial charge is 0.460 e. The maximum atomic E-state index is 13.2. The number of piperidine rings is 1. The molecule has 0 radical (unpaired) electrons. The standard InChI is InChI=1S/C19H26N2O5S/c1-4-25-19(22)18-12(2)15-11-14(8-9-17(15)26-18)27(23,24)21-10-6-5-7-16(21)13(3)20/h8-9,11,13,16H,4-7,10,20H2,1-3H3. The van der Waals surface area contributed by atoms with Crippen LogP contribution < -0.4 is 5.73 Å². The number of nitrogens with zero attached hydrogens (tertiary/aromatic N) is 1. The zero-order valence-corrected chi connectivity index (χ0v) is 16.7. The van der Waals surface area contributed by atoms with Crippen LogP contribution in [0.15, 0.2) is 27.5 Å². The molecule has 2 atom stereocenters. The summed E-state index contributed by atoms with van der Waals surface area (Å²) >= 11 is 0. The first kappa shape index (κ1) is 19.9. The molecule has 0 spiro atoms. The Hall–Kier alpha value is -1.90. The number of rotatable bonds is 5. The van der Waals surface area contributed by atoms with Crippen molar-refractivity contribution in [3.8, 4) is 0 Å². The minimum Gasteiger partial charge on any atom is -0.460 e. The fraction of sp³-hybridized carbons (Fsp3) is 0.526. The number of fused-ring (bicyclic) bond motifs is 1. The molecule has 1 aliphatic rings. The van der Waals surface area contributed by atoms with Crippen LogP contribution in [0.2, 0.25) is 0 Å². The van der Waals surface area contributed by atoms with E-state index < -0.39 is 16.0 Å². The highest BCUT2D eigenvalue weighted by Crippen LogP contribution is 2.31. The number of benzene rings is 1. The molecule has 1 aromatic heterocycles. The van der Waals surface area contributed by atoms with E-state index in [0.29, 0.717) is 23.1 Å². The SMILES string of the molecule is CCOC(=O)c1oc2ccc(S(=O)(=O)N3CCCCC3C(C)N)cc2c1C. The summed E-state index contributed by atoms with van der Waals surface area (Å²) in [4.78, 5) is 12.2. The summed E-state index contributed by atoms with van der Waals surface area (Å²) in [5, 5.41) is 0.591. The van der Waals surface area contributed by atoms with Crippen LogP contribution in [0.1, 0.15) is 49.2 Å². The van der Waals surface area contributed by atoms with Gasteiger partial charge in [-0.15, -0.1) is 0 Å². The van der Waals surface area contributed by atoms with Crippen LogP contribution >= 0.6 is 0 Å². The van der Waals surface area contributed by atoms with Crippen molar-refractivity contribution in [2.45, 2.75) is 57.0 Å². The van der Waals surface area contributed by atoms with Gasteiger partial charge < -0.3 is 14.9 Å². The van der Waals surface area contributed by atoms with E-state index in [1.807, 2.05) is 6.92 Å². The predicted molar refractivity (Wildman–Crippen MR) is 102 cm³/mol. The van der Waals surface area contributed by atoms with E-state index in [1.54, 1.807) is 26.0 Å². The number of sulfonamides is 1. The van der Waals surface area contributed by atoms with Gasteiger partial charge in [-0.05, 0) is 51.8 Å². The normalized spacial score (nSPS) is 19.9. The maximum Gasteiger partial charge on any atom is 0.374 e. The Kier molecular flexibility index (Phi) is 5.60. The van der Waals surface area contributed by atoms with Gasteiger partial charge in [-0.2, -0.15) is 4.31 Å². The number of ether oxygens (including phenoxy) is 1. The number of nitrogens with two attached hydrogens (primary N) is 1. The first-order valence-corrected chi connectivity index (χ1v) is 10.7. The average molecular weight is 394 g/mol. The molecule has 2 N–H and O–H groups in total. The molecular formula is C19H26N2O5S. The Morgan fingerprint density at radius 2 is 2.15 bits per heavy atom. The molecule has 1 aromatic carbocycles. The molecule has 7 nitrogen and oxygen atoms in total. The number of hydrogen-bond donors (Lipinski definition) is 1. The van der Waals surface area contributed by atoms with Crippen LogP contribution in [0, 0.1) is 6.92 Å². The first-order chi connectivity index (χ1) is 12.8. The maximum absolute atomic E-state index is 13.2. The second-order valence-electron chi connectivity index (χ2n) is 6.97. The van der Waals surface area contributed by atoms with Gasteiger partial charge in [-0.25, -0.2) is 13.2 Å². The molecular weight excluding hydrogens is 368 g/mol. The molecule has 1 aliphatic heterocycles. The van der Waals surface area contributed by atoms with Crippen LogP contribution in [0.3, 0.4) is 0 Å². The van der Waals surface area contributed by atoms with E-state index in [1.165, 1.54) is 10.4 Å². The highest BCUT2D eigenvalue weighted by Gasteiger charge is 2.35. The summed E-state index contributed by atoms with van der Waals surface area (Å²) < 4.78 is 38.6. The Labute approximate surface area is 159 Å². The van der Waals surface area contributed by atoms with Crippen molar-refractivity contribution in [1.82, 2.24) is 4.31 Å². The molecule has 0 aliphatic carbocycles. The summed E-state index contributed by atoms with van der Waals surface area (Å²) in [6.45, 7) is 5.98. The Balaban J connectivity index is 2.03. The van der Waals surface area contributed by atoms with Gasteiger partial charge in [0.25, 0.3) is 0 Å². The van der Waals surface area contributed by atoms with Crippen LogP contribution in [0.4, 0.5) is 0 Å². The third-order valence-electron chi connectivity index (χ3n) is 5.08. The van der Waals surface area contributed by atoms with Crippen molar-refractivity contribution >= 4 is 27.0 Å². The van der Waals surface area contributed by atoms with Crippen molar-refractivity contribution in [2.75, 3.05) is 13.2 Å². The minimum absolute atomic E-state index is 0.104. The molecule has 27 heavy (non-hydrogen) atoms. The molecule has 148 valence electrons. The summed E-state index contributed by atoms with van der Waals surface area (Å²) in [5.41, 5.74) is 7.07. The van der Waals surface area contributed by atoms with Crippen molar-refractivity contribution in [3.63, 3.8) is 0 Å².